The minimum atomic E-state index is -0.421. The van der Waals surface area contributed by atoms with E-state index in [4.69, 9.17) is 11.0 Å². The first-order valence-electron chi connectivity index (χ1n) is 7.04. The van der Waals surface area contributed by atoms with Gasteiger partial charge in [-0.1, -0.05) is 19.8 Å². The maximum atomic E-state index is 12.6. The minimum absolute atomic E-state index is 0.0240. The number of nitriles is 1. The lowest BCUT2D eigenvalue weighted by Crippen LogP contribution is -2.53. The highest BCUT2D eigenvalue weighted by Crippen LogP contribution is 2.49. The van der Waals surface area contributed by atoms with E-state index in [0.29, 0.717) is 12.0 Å². The molecule has 3 fully saturated rings. The summed E-state index contributed by atoms with van der Waals surface area (Å²) >= 11 is 0. The Morgan fingerprint density at radius 1 is 1.44 bits per heavy atom. The van der Waals surface area contributed by atoms with Crippen molar-refractivity contribution in [1.82, 2.24) is 4.90 Å². The molecule has 4 atom stereocenters. The van der Waals surface area contributed by atoms with Gasteiger partial charge in [0, 0.05) is 6.04 Å². The number of nitrogens with zero attached hydrogens (tertiary/aromatic N) is 2. The zero-order chi connectivity index (χ0) is 12.9. The average Bonchev–Trinajstić information content (AvgIpc) is 2.83. The first kappa shape index (κ1) is 12.0. The second-order valence-corrected chi connectivity index (χ2v) is 6.53. The Balaban J connectivity index is 1.76. The van der Waals surface area contributed by atoms with E-state index in [9.17, 15) is 4.79 Å². The van der Waals surface area contributed by atoms with Crippen LogP contribution >= 0.6 is 0 Å². The molecule has 0 bridgehead atoms. The van der Waals surface area contributed by atoms with Crippen molar-refractivity contribution in [2.75, 3.05) is 0 Å². The van der Waals surface area contributed by atoms with Gasteiger partial charge in [-0.3, -0.25) is 4.79 Å². The molecule has 2 unspecified atom stereocenters. The maximum absolute atomic E-state index is 12.6. The number of piperidine rings is 1. The number of carbonyl (C=O) groups excluding carboxylic acids is 1. The summed E-state index contributed by atoms with van der Waals surface area (Å²) in [4.78, 5) is 14.4. The zero-order valence-electron chi connectivity index (χ0n) is 10.9. The van der Waals surface area contributed by atoms with E-state index in [0.717, 1.165) is 25.7 Å². The van der Waals surface area contributed by atoms with Crippen molar-refractivity contribution in [3.63, 3.8) is 0 Å². The zero-order valence-corrected chi connectivity index (χ0v) is 10.9. The third-order valence-corrected chi connectivity index (χ3v) is 5.27. The molecule has 4 nitrogen and oxygen atoms in total. The molecule has 0 aromatic heterocycles. The summed E-state index contributed by atoms with van der Waals surface area (Å²) in [6.07, 6.45) is 6.36. The van der Waals surface area contributed by atoms with E-state index in [1.165, 1.54) is 12.8 Å². The SMILES string of the molecule is CC1(C(N)C(=O)N2C(C#N)C[C@@H]3C[C@@H]32)CCCC1. The van der Waals surface area contributed by atoms with Crippen molar-refractivity contribution < 1.29 is 4.79 Å². The monoisotopic (exact) mass is 247 g/mol. The Hall–Kier alpha value is -1.08. The van der Waals surface area contributed by atoms with Crippen LogP contribution in [-0.2, 0) is 4.79 Å². The van der Waals surface area contributed by atoms with Crippen LogP contribution in [0.1, 0.15) is 45.4 Å². The fourth-order valence-electron chi connectivity index (χ4n) is 3.84. The Kier molecular flexibility index (Phi) is 2.63. The van der Waals surface area contributed by atoms with Crippen molar-refractivity contribution in [2.24, 2.45) is 17.1 Å². The summed E-state index contributed by atoms with van der Waals surface area (Å²) in [5.41, 5.74) is 6.18. The highest BCUT2D eigenvalue weighted by molar-refractivity contribution is 5.84. The molecular formula is C14H21N3O. The van der Waals surface area contributed by atoms with Gasteiger partial charge in [0.05, 0.1) is 12.1 Å². The highest BCUT2D eigenvalue weighted by atomic mass is 16.2. The van der Waals surface area contributed by atoms with Crippen LogP contribution in [0.5, 0.6) is 0 Å². The first-order chi connectivity index (χ1) is 8.57. The van der Waals surface area contributed by atoms with Gasteiger partial charge in [-0.05, 0) is 37.0 Å². The van der Waals surface area contributed by atoms with Gasteiger partial charge in [0.25, 0.3) is 0 Å². The summed E-state index contributed by atoms with van der Waals surface area (Å²) in [5.74, 6) is 0.595. The molecule has 18 heavy (non-hydrogen) atoms. The molecular weight excluding hydrogens is 226 g/mol. The summed E-state index contributed by atoms with van der Waals surface area (Å²) in [6, 6.07) is 1.94. The number of nitrogens with two attached hydrogens (primary N) is 1. The number of hydrogen-bond acceptors (Lipinski definition) is 3. The van der Waals surface area contributed by atoms with Crippen LogP contribution in [0.2, 0.25) is 0 Å². The summed E-state index contributed by atoms with van der Waals surface area (Å²) in [6.45, 7) is 2.13. The molecule has 2 aliphatic carbocycles. The Morgan fingerprint density at radius 2 is 2.11 bits per heavy atom. The van der Waals surface area contributed by atoms with E-state index < -0.39 is 6.04 Å². The molecule has 3 aliphatic rings. The fraction of sp³-hybridized carbons (Fsp3) is 0.857. The van der Waals surface area contributed by atoms with Crippen LogP contribution in [0.25, 0.3) is 0 Å². The maximum Gasteiger partial charge on any atom is 0.241 e. The van der Waals surface area contributed by atoms with Gasteiger partial charge in [0.15, 0.2) is 0 Å². The number of fused-ring (bicyclic) bond motifs is 1. The average molecular weight is 247 g/mol. The molecule has 0 aromatic carbocycles. The highest BCUT2D eigenvalue weighted by Gasteiger charge is 2.56. The molecule has 0 radical (unpaired) electrons. The van der Waals surface area contributed by atoms with Crippen molar-refractivity contribution in [1.29, 1.82) is 5.26 Å². The molecule has 2 saturated carbocycles. The van der Waals surface area contributed by atoms with E-state index in [-0.39, 0.29) is 17.4 Å². The normalized spacial score (nSPS) is 38.1. The lowest BCUT2D eigenvalue weighted by molar-refractivity contribution is -0.136. The summed E-state index contributed by atoms with van der Waals surface area (Å²) in [5, 5.41) is 9.15. The number of hydrogen-bond donors (Lipinski definition) is 1. The summed E-state index contributed by atoms with van der Waals surface area (Å²) in [7, 11) is 0. The molecule has 4 heteroatoms. The molecule has 1 aliphatic heterocycles. The number of carbonyl (C=O) groups is 1. The van der Waals surface area contributed by atoms with E-state index >= 15 is 0 Å². The lowest BCUT2D eigenvalue weighted by Gasteiger charge is -2.34. The molecule has 0 aromatic rings. The Morgan fingerprint density at radius 3 is 2.72 bits per heavy atom. The molecule has 3 rings (SSSR count). The Labute approximate surface area is 108 Å². The van der Waals surface area contributed by atoms with E-state index in [2.05, 4.69) is 13.0 Å². The number of rotatable bonds is 2. The lowest BCUT2D eigenvalue weighted by atomic mass is 9.80. The van der Waals surface area contributed by atoms with Crippen molar-refractivity contribution >= 4 is 5.91 Å². The third-order valence-electron chi connectivity index (χ3n) is 5.27. The molecule has 98 valence electrons. The molecule has 1 saturated heterocycles. The second-order valence-electron chi connectivity index (χ2n) is 6.53. The Bertz CT molecular complexity index is 408. The van der Waals surface area contributed by atoms with Crippen LogP contribution in [0, 0.1) is 22.7 Å². The topological polar surface area (TPSA) is 70.1 Å². The van der Waals surface area contributed by atoms with Crippen molar-refractivity contribution in [2.45, 2.75) is 63.6 Å². The van der Waals surface area contributed by atoms with Gasteiger partial charge < -0.3 is 10.6 Å². The van der Waals surface area contributed by atoms with Crippen LogP contribution < -0.4 is 5.73 Å². The van der Waals surface area contributed by atoms with E-state index in [1.54, 1.807) is 4.90 Å². The number of amides is 1. The van der Waals surface area contributed by atoms with Gasteiger partial charge in [-0.2, -0.15) is 5.26 Å². The predicted octanol–water partition coefficient (Wildman–Crippen LogP) is 1.41. The van der Waals surface area contributed by atoms with Gasteiger partial charge >= 0.3 is 0 Å². The first-order valence-corrected chi connectivity index (χ1v) is 7.04. The van der Waals surface area contributed by atoms with Gasteiger partial charge in [0.1, 0.15) is 6.04 Å². The van der Waals surface area contributed by atoms with Crippen LogP contribution in [0.3, 0.4) is 0 Å². The van der Waals surface area contributed by atoms with Crippen LogP contribution in [0.4, 0.5) is 0 Å². The van der Waals surface area contributed by atoms with Gasteiger partial charge in [-0.25, -0.2) is 0 Å². The van der Waals surface area contributed by atoms with Gasteiger partial charge in [-0.15, -0.1) is 0 Å². The van der Waals surface area contributed by atoms with Crippen LogP contribution in [0.15, 0.2) is 0 Å². The predicted molar refractivity (Wildman–Crippen MR) is 67.3 cm³/mol. The molecule has 2 N–H and O–H groups in total. The fourth-order valence-corrected chi connectivity index (χ4v) is 3.84. The molecule has 1 amide bonds. The van der Waals surface area contributed by atoms with Crippen LogP contribution in [-0.4, -0.2) is 28.9 Å². The minimum Gasteiger partial charge on any atom is -0.322 e. The van der Waals surface area contributed by atoms with Crippen molar-refractivity contribution in [3.8, 4) is 6.07 Å². The summed E-state index contributed by atoms with van der Waals surface area (Å²) < 4.78 is 0. The third kappa shape index (κ3) is 1.65. The smallest absolute Gasteiger partial charge is 0.241 e. The largest absolute Gasteiger partial charge is 0.322 e. The quantitative estimate of drug-likeness (QED) is 0.802. The molecule has 1 heterocycles. The van der Waals surface area contributed by atoms with Crippen molar-refractivity contribution in [3.05, 3.63) is 0 Å². The molecule has 0 spiro atoms. The second kappa shape index (κ2) is 3.96. The number of likely N-dealkylation sites (tertiary alicyclic amines) is 1. The standard InChI is InChI=1S/C14H21N3O/c1-14(4-2-3-5-14)12(16)13(18)17-10(8-15)6-9-7-11(9)17/h9-12H,2-7,16H2,1H3/t9-,10?,11+,12?/m1/s1. The van der Waals surface area contributed by atoms with E-state index in [1.807, 2.05) is 0 Å². The van der Waals surface area contributed by atoms with Gasteiger partial charge in [0.2, 0.25) is 5.91 Å².